The van der Waals surface area contributed by atoms with Gasteiger partial charge in [0.2, 0.25) is 5.79 Å². The SMILES string of the molecule is CCOc1ccc(Cc2cc(C3(OC)O[C@H](CO)[C@@H](C)[C@H](O[Si](C)(C)C)[C@H]3O[Si](C)(C)C)ccc2Cl)cc1. The van der Waals surface area contributed by atoms with Crippen LogP contribution in [-0.2, 0) is 30.5 Å². The quantitative estimate of drug-likeness (QED) is 0.302. The topological polar surface area (TPSA) is 66.4 Å². The lowest BCUT2D eigenvalue weighted by atomic mass is 9.83. The molecule has 0 bridgehead atoms. The Hall–Kier alpha value is -1.24. The first-order valence-corrected chi connectivity index (χ1v) is 20.6. The molecule has 2 aromatic rings. The second kappa shape index (κ2) is 12.5. The Morgan fingerprint density at radius 1 is 0.974 bits per heavy atom. The van der Waals surface area contributed by atoms with Crippen LogP contribution in [0.5, 0.6) is 5.75 Å². The van der Waals surface area contributed by atoms with Gasteiger partial charge >= 0.3 is 0 Å². The second-order valence-corrected chi connectivity index (χ2v) is 21.3. The van der Waals surface area contributed by atoms with Crippen LogP contribution in [0.15, 0.2) is 42.5 Å². The third kappa shape index (κ3) is 7.49. The van der Waals surface area contributed by atoms with E-state index in [1.165, 1.54) is 0 Å². The first kappa shape index (κ1) is 31.3. The second-order valence-electron chi connectivity index (χ2n) is 12.0. The first-order chi connectivity index (χ1) is 17.7. The van der Waals surface area contributed by atoms with Crippen LogP contribution in [0.1, 0.15) is 30.5 Å². The average molecular weight is 581 g/mol. The van der Waals surface area contributed by atoms with E-state index < -0.39 is 34.6 Å². The van der Waals surface area contributed by atoms with Gasteiger partial charge in [-0.2, -0.15) is 0 Å². The molecule has 0 saturated carbocycles. The summed E-state index contributed by atoms with van der Waals surface area (Å²) in [5.74, 6) is -0.524. The highest BCUT2D eigenvalue weighted by Gasteiger charge is 2.57. The van der Waals surface area contributed by atoms with E-state index in [1.807, 2.05) is 37.3 Å². The van der Waals surface area contributed by atoms with Gasteiger partial charge in [-0.15, -0.1) is 0 Å². The molecule has 1 N–H and O–H groups in total. The van der Waals surface area contributed by atoms with Crippen molar-refractivity contribution in [3.8, 4) is 5.75 Å². The summed E-state index contributed by atoms with van der Waals surface area (Å²) in [4.78, 5) is 0. The molecule has 6 nitrogen and oxygen atoms in total. The molecule has 5 atom stereocenters. The third-order valence-corrected chi connectivity index (χ3v) is 8.94. The van der Waals surface area contributed by atoms with Crippen molar-refractivity contribution >= 4 is 28.2 Å². The molecule has 3 rings (SSSR count). The lowest BCUT2D eigenvalue weighted by molar-refractivity contribution is -0.352. The van der Waals surface area contributed by atoms with Gasteiger partial charge in [-0.25, -0.2) is 0 Å². The van der Waals surface area contributed by atoms with E-state index in [1.54, 1.807) is 7.11 Å². The number of halogens is 1. The molecule has 0 aliphatic carbocycles. The summed E-state index contributed by atoms with van der Waals surface area (Å²) in [6.45, 7) is 17.5. The molecule has 1 saturated heterocycles. The van der Waals surface area contributed by atoms with E-state index >= 15 is 0 Å². The molecule has 1 fully saturated rings. The Morgan fingerprint density at radius 3 is 2.13 bits per heavy atom. The molecule has 1 aliphatic rings. The van der Waals surface area contributed by atoms with Gasteiger partial charge in [0.15, 0.2) is 16.6 Å². The zero-order chi connectivity index (χ0) is 28.3. The Labute approximate surface area is 235 Å². The molecule has 0 amide bonds. The predicted octanol–water partition coefficient (Wildman–Crippen LogP) is 6.60. The van der Waals surface area contributed by atoms with Gasteiger partial charge in [-0.05, 0) is 88.0 Å². The Morgan fingerprint density at radius 2 is 1.61 bits per heavy atom. The standard InChI is InChI=1S/C29H45ClO6Si2/c1-10-33-24-14-11-21(12-15-24)17-22-18-23(13-16-25(22)30)29(32-3)28(36-38(7,8)9)27(35-37(4,5)6)20(2)26(19-31)34-29/h11-16,18,20,26-28,31H,10,17,19H2,1-9H3/t20-,26-,27+,28-,29?/m1/s1. The van der Waals surface area contributed by atoms with Crippen molar-refractivity contribution in [2.45, 2.75) is 83.6 Å². The van der Waals surface area contributed by atoms with E-state index in [2.05, 4.69) is 58.3 Å². The summed E-state index contributed by atoms with van der Waals surface area (Å²) >= 11 is 6.70. The molecule has 0 radical (unpaired) electrons. The Kier molecular flexibility index (Phi) is 10.3. The fourth-order valence-electron chi connectivity index (χ4n) is 4.94. The number of ether oxygens (including phenoxy) is 3. The van der Waals surface area contributed by atoms with Crippen molar-refractivity contribution < 1.29 is 28.2 Å². The number of hydrogen-bond acceptors (Lipinski definition) is 6. The van der Waals surface area contributed by atoms with Crippen molar-refractivity contribution in [3.05, 3.63) is 64.2 Å². The molecular formula is C29H45ClO6Si2. The molecule has 2 aromatic carbocycles. The van der Waals surface area contributed by atoms with E-state index in [0.29, 0.717) is 18.1 Å². The molecule has 0 aromatic heterocycles. The van der Waals surface area contributed by atoms with Gasteiger partial charge in [0.05, 0.1) is 25.4 Å². The molecule has 1 unspecified atom stereocenters. The van der Waals surface area contributed by atoms with Gasteiger partial charge < -0.3 is 28.2 Å². The summed E-state index contributed by atoms with van der Waals surface area (Å²) in [6.07, 6.45) is -0.691. The maximum absolute atomic E-state index is 10.3. The lowest BCUT2D eigenvalue weighted by Gasteiger charge is -2.54. The molecule has 212 valence electrons. The van der Waals surface area contributed by atoms with Crippen LogP contribution < -0.4 is 4.74 Å². The largest absolute Gasteiger partial charge is 0.494 e. The van der Waals surface area contributed by atoms with Gasteiger partial charge in [0, 0.05) is 23.6 Å². The maximum atomic E-state index is 10.3. The fraction of sp³-hybridized carbons (Fsp3) is 0.586. The van der Waals surface area contributed by atoms with Crippen LogP contribution in [0, 0.1) is 5.92 Å². The summed E-state index contributed by atoms with van der Waals surface area (Å²) in [7, 11) is -2.44. The number of rotatable bonds is 11. The van der Waals surface area contributed by atoms with Crippen molar-refractivity contribution in [1.82, 2.24) is 0 Å². The minimum atomic E-state index is -2.08. The molecule has 1 heterocycles. The number of aliphatic hydroxyl groups is 1. The van der Waals surface area contributed by atoms with Gasteiger partial charge in [-0.3, -0.25) is 0 Å². The van der Waals surface area contributed by atoms with Crippen molar-refractivity contribution in [2.75, 3.05) is 20.3 Å². The van der Waals surface area contributed by atoms with Crippen LogP contribution in [0.25, 0.3) is 0 Å². The average Bonchev–Trinajstić information content (AvgIpc) is 2.83. The smallest absolute Gasteiger partial charge is 0.223 e. The molecule has 0 spiro atoms. The zero-order valence-corrected chi connectivity index (χ0v) is 27.1. The number of methoxy groups -OCH3 is 1. The van der Waals surface area contributed by atoms with E-state index in [9.17, 15) is 5.11 Å². The number of aliphatic hydroxyl groups excluding tert-OH is 1. The van der Waals surface area contributed by atoms with E-state index in [4.69, 9.17) is 34.7 Å². The van der Waals surface area contributed by atoms with Crippen LogP contribution >= 0.6 is 11.6 Å². The van der Waals surface area contributed by atoms with Crippen LogP contribution in [0.4, 0.5) is 0 Å². The maximum Gasteiger partial charge on any atom is 0.223 e. The summed E-state index contributed by atoms with van der Waals surface area (Å²) in [5.41, 5.74) is 2.85. The summed E-state index contributed by atoms with van der Waals surface area (Å²) in [6, 6.07) is 13.9. The number of hydrogen-bond donors (Lipinski definition) is 1. The highest BCUT2D eigenvalue weighted by molar-refractivity contribution is 6.70. The monoisotopic (exact) mass is 580 g/mol. The molecule has 38 heavy (non-hydrogen) atoms. The highest BCUT2D eigenvalue weighted by atomic mass is 35.5. The highest BCUT2D eigenvalue weighted by Crippen LogP contribution is 2.46. The predicted molar refractivity (Wildman–Crippen MR) is 158 cm³/mol. The summed E-state index contributed by atoms with van der Waals surface area (Å²) in [5, 5.41) is 11.0. The minimum Gasteiger partial charge on any atom is -0.494 e. The van der Waals surface area contributed by atoms with Crippen molar-refractivity contribution in [1.29, 1.82) is 0 Å². The Bertz CT molecular complexity index is 1050. The third-order valence-electron chi connectivity index (χ3n) is 6.63. The van der Waals surface area contributed by atoms with Gasteiger partial charge in [0.1, 0.15) is 11.9 Å². The van der Waals surface area contributed by atoms with Crippen LogP contribution in [0.3, 0.4) is 0 Å². The van der Waals surface area contributed by atoms with Crippen LogP contribution in [0.2, 0.25) is 44.3 Å². The molecular weight excluding hydrogens is 536 g/mol. The van der Waals surface area contributed by atoms with Gasteiger partial charge in [-0.1, -0.05) is 36.7 Å². The zero-order valence-electron chi connectivity index (χ0n) is 24.3. The Balaban J connectivity index is 2.10. The van der Waals surface area contributed by atoms with E-state index in [0.717, 1.165) is 22.4 Å². The normalized spacial score (nSPS) is 26.4. The van der Waals surface area contributed by atoms with E-state index in [-0.39, 0.29) is 18.6 Å². The minimum absolute atomic E-state index is 0.0908. The van der Waals surface area contributed by atoms with Crippen molar-refractivity contribution in [2.24, 2.45) is 5.92 Å². The van der Waals surface area contributed by atoms with Crippen LogP contribution in [-0.4, -0.2) is 60.4 Å². The lowest BCUT2D eigenvalue weighted by Crippen LogP contribution is -2.65. The van der Waals surface area contributed by atoms with Crippen molar-refractivity contribution in [3.63, 3.8) is 0 Å². The summed E-state index contributed by atoms with van der Waals surface area (Å²) < 4.78 is 32.1. The fourth-order valence-corrected chi connectivity index (χ4v) is 7.33. The molecule has 9 heteroatoms. The van der Waals surface area contributed by atoms with Gasteiger partial charge in [0.25, 0.3) is 0 Å². The molecule has 1 aliphatic heterocycles. The first-order valence-electron chi connectivity index (χ1n) is 13.4. The number of benzene rings is 2.